The van der Waals surface area contributed by atoms with E-state index in [1.165, 1.54) is 0 Å². The molecule has 104 valence electrons. The summed E-state index contributed by atoms with van der Waals surface area (Å²) in [4.78, 5) is 20.7. The van der Waals surface area contributed by atoms with Gasteiger partial charge in [-0.3, -0.25) is 4.98 Å². The summed E-state index contributed by atoms with van der Waals surface area (Å²) in [6.07, 6.45) is 1.66. The summed E-state index contributed by atoms with van der Waals surface area (Å²) in [6, 6.07) is 1.82. The second-order valence-electron chi connectivity index (χ2n) is 5.83. The third-order valence-electron chi connectivity index (χ3n) is 3.91. The van der Waals surface area contributed by atoms with Crippen LogP contribution >= 0.6 is 0 Å². The Balaban J connectivity index is 0.00000110. The van der Waals surface area contributed by atoms with Crippen molar-refractivity contribution in [3.05, 3.63) is 22.7 Å². The van der Waals surface area contributed by atoms with Crippen molar-refractivity contribution < 1.29 is 12.2 Å². The first-order valence-corrected chi connectivity index (χ1v) is 6.22. The largest absolute Gasteiger partial charge is 0.496 e. The molecule has 1 aliphatic heterocycles. The zero-order chi connectivity index (χ0) is 13.8. The van der Waals surface area contributed by atoms with E-state index in [0.717, 1.165) is 5.46 Å². The first kappa shape index (κ1) is 12.4. The number of pyridine rings is 1. The quantitative estimate of drug-likeness (QED) is 0.755. The van der Waals surface area contributed by atoms with Gasteiger partial charge < -0.3 is 14.3 Å². The molecule has 7 heteroatoms. The number of aromatic nitrogens is 3. The number of imidazole rings is 1. The molecule has 0 atom stereocenters. The number of fused-ring (bicyclic) bond motifs is 1. The second kappa shape index (κ2) is 3.71. The molecule has 3 rings (SSSR count). The number of nitrogens with zero attached hydrogens (tertiary/aromatic N) is 1. The minimum absolute atomic E-state index is 0. The van der Waals surface area contributed by atoms with Crippen LogP contribution in [-0.2, 0) is 9.31 Å². The maximum absolute atomic E-state index is 11.2. The molecular formula is C12H20BN3O3. The number of nitrogens with one attached hydrogen (secondary N) is 2. The molecule has 3 heterocycles. The van der Waals surface area contributed by atoms with Gasteiger partial charge in [0.1, 0.15) is 0 Å². The number of rotatable bonds is 1. The molecule has 0 aromatic carbocycles. The molecule has 0 bridgehead atoms. The van der Waals surface area contributed by atoms with Gasteiger partial charge in [-0.05, 0) is 33.8 Å². The van der Waals surface area contributed by atoms with Crippen molar-refractivity contribution in [3.63, 3.8) is 0 Å². The van der Waals surface area contributed by atoms with Crippen LogP contribution in [-0.4, -0.2) is 33.3 Å². The molecule has 2 aromatic rings. The summed E-state index contributed by atoms with van der Waals surface area (Å²) in [7, 11) is -0.472. The van der Waals surface area contributed by atoms with Crippen molar-refractivity contribution in [2.45, 2.75) is 38.9 Å². The van der Waals surface area contributed by atoms with Crippen LogP contribution in [0.25, 0.3) is 11.2 Å². The first-order valence-electron chi connectivity index (χ1n) is 6.22. The third-order valence-corrected chi connectivity index (χ3v) is 3.91. The van der Waals surface area contributed by atoms with Gasteiger partial charge in [0, 0.05) is 14.5 Å². The number of H-pyrrole nitrogens is 2. The molecule has 0 aliphatic carbocycles. The van der Waals surface area contributed by atoms with Gasteiger partial charge in [-0.1, -0.05) is 0 Å². The Labute approximate surface area is 113 Å². The van der Waals surface area contributed by atoms with Gasteiger partial charge >= 0.3 is 12.8 Å². The molecule has 19 heavy (non-hydrogen) atoms. The lowest BCUT2D eigenvalue weighted by Gasteiger charge is -2.32. The average molecular weight is 265 g/mol. The lowest BCUT2D eigenvalue weighted by molar-refractivity contribution is 0.00578. The fourth-order valence-corrected chi connectivity index (χ4v) is 2.04. The van der Waals surface area contributed by atoms with E-state index in [2.05, 4.69) is 15.0 Å². The Hall–Kier alpha value is -1.60. The van der Waals surface area contributed by atoms with E-state index in [4.69, 9.17) is 9.31 Å². The summed E-state index contributed by atoms with van der Waals surface area (Å²) < 4.78 is 11.9. The minimum Gasteiger partial charge on any atom is -0.399 e. The Morgan fingerprint density at radius 3 is 2.47 bits per heavy atom. The summed E-state index contributed by atoms with van der Waals surface area (Å²) in [5.41, 5.74) is 0.925. The Bertz CT molecular complexity index is 682. The normalized spacial score (nSPS) is 21.2. The van der Waals surface area contributed by atoms with Crippen LogP contribution in [0.15, 0.2) is 17.1 Å². The Morgan fingerprint density at radius 1 is 1.21 bits per heavy atom. The molecule has 0 saturated carbocycles. The number of hydrogen-bond acceptors (Lipinski definition) is 4. The molecule has 2 N–H and O–H groups in total. The van der Waals surface area contributed by atoms with Crippen LogP contribution in [0, 0.1) is 0 Å². The molecule has 2 aromatic heterocycles. The zero-order valence-electron chi connectivity index (χ0n) is 11.4. The van der Waals surface area contributed by atoms with Crippen LogP contribution in [0.1, 0.15) is 30.5 Å². The fourth-order valence-electron chi connectivity index (χ4n) is 2.04. The van der Waals surface area contributed by atoms with Crippen molar-refractivity contribution in [2.75, 3.05) is 0 Å². The van der Waals surface area contributed by atoms with Gasteiger partial charge in [0.2, 0.25) is 0 Å². The van der Waals surface area contributed by atoms with E-state index in [1.54, 1.807) is 6.20 Å². The average Bonchev–Trinajstić information content (AvgIpc) is 2.74. The third kappa shape index (κ3) is 1.89. The monoisotopic (exact) mass is 265 g/mol. The van der Waals surface area contributed by atoms with Crippen LogP contribution < -0.4 is 11.2 Å². The lowest BCUT2D eigenvalue weighted by atomic mass is 9.80. The maximum Gasteiger partial charge on any atom is 0.496 e. The van der Waals surface area contributed by atoms with Crippen molar-refractivity contribution in [2.24, 2.45) is 0 Å². The molecule has 0 radical (unpaired) electrons. The van der Waals surface area contributed by atoms with Gasteiger partial charge in [0.15, 0.2) is 5.65 Å². The van der Waals surface area contributed by atoms with Crippen molar-refractivity contribution in [1.82, 2.24) is 15.0 Å². The molecule has 6 nitrogen and oxygen atoms in total. The molecule has 0 unspecified atom stereocenters. The van der Waals surface area contributed by atoms with E-state index >= 15 is 0 Å². The lowest BCUT2D eigenvalue weighted by Crippen LogP contribution is -2.41. The molecule has 1 saturated heterocycles. The predicted molar refractivity (Wildman–Crippen MR) is 76.7 cm³/mol. The Morgan fingerprint density at radius 2 is 1.84 bits per heavy atom. The molecule has 0 spiro atoms. The zero-order valence-corrected chi connectivity index (χ0v) is 11.4. The Kier molecular flexibility index (Phi) is 2.43. The van der Waals surface area contributed by atoms with Crippen LogP contribution in [0.3, 0.4) is 0 Å². The van der Waals surface area contributed by atoms with E-state index in [0.29, 0.717) is 11.2 Å². The smallest absolute Gasteiger partial charge is 0.399 e. The van der Waals surface area contributed by atoms with Crippen LogP contribution in [0.5, 0.6) is 0 Å². The molecule has 1 aliphatic rings. The van der Waals surface area contributed by atoms with E-state index in [-0.39, 0.29) is 8.54 Å². The van der Waals surface area contributed by atoms with Crippen molar-refractivity contribution in [3.8, 4) is 0 Å². The topological polar surface area (TPSA) is 80.0 Å². The summed E-state index contributed by atoms with van der Waals surface area (Å²) in [5.74, 6) is 0. The van der Waals surface area contributed by atoms with Gasteiger partial charge in [0.05, 0.1) is 16.7 Å². The van der Waals surface area contributed by atoms with Gasteiger partial charge in [-0.15, -0.1) is 0 Å². The summed E-state index contributed by atoms with van der Waals surface area (Å²) >= 11 is 0. The fraction of sp³-hybridized carbons (Fsp3) is 0.500. The van der Waals surface area contributed by atoms with Crippen LogP contribution in [0.2, 0.25) is 0 Å². The number of hydrogen-bond donors (Lipinski definition) is 2. The predicted octanol–water partition coefficient (Wildman–Crippen LogP) is 1.04. The minimum atomic E-state index is -0.472. The van der Waals surface area contributed by atoms with Crippen LogP contribution in [0.4, 0.5) is 0 Å². The van der Waals surface area contributed by atoms with Gasteiger partial charge in [0.25, 0.3) is 0 Å². The highest BCUT2D eigenvalue weighted by atomic mass is 16.7. The van der Waals surface area contributed by atoms with E-state index in [9.17, 15) is 4.79 Å². The second-order valence-corrected chi connectivity index (χ2v) is 5.83. The van der Waals surface area contributed by atoms with E-state index in [1.807, 2.05) is 33.8 Å². The highest BCUT2D eigenvalue weighted by Crippen LogP contribution is 2.36. The summed E-state index contributed by atoms with van der Waals surface area (Å²) in [5, 5.41) is 0. The highest BCUT2D eigenvalue weighted by Gasteiger charge is 2.51. The molecule has 1 fully saturated rings. The highest BCUT2D eigenvalue weighted by molar-refractivity contribution is 6.62. The SMILES string of the molecule is CC1(C)OB(c2cnc3[nH]c(=O)[nH]c3c2)OC1(C)C.[HH].[HH]. The number of aromatic amines is 2. The van der Waals surface area contributed by atoms with Gasteiger partial charge in [-0.25, -0.2) is 9.78 Å². The van der Waals surface area contributed by atoms with Crippen molar-refractivity contribution in [1.29, 1.82) is 0 Å². The van der Waals surface area contributed by atoms with Gasteiger partial charge in [-0.2, -0.15) is 0 Å². The van der Waals surface area contributed by atoms with E-state index < -0.39 is 18.3 Å². The van der Waals surface area contributed by atoms with Crippen molar-refractivity contribution >= 4 is 23.7 Å². The maximum atomic E-state index is 11.2. The molecular weight excluding hydrogens is 245 g/mol. The summed E-state index contributed by atoms with van der Waals surface area (Å²) in [6.45, 7) is 7.99. The molecule has 0 amide bonds. The first-order chi connectivity index (χ1) is 8.78. The standard InChI is InChI=1S/C12H16BN3O3.2H2/c1-11(2)12(3,4)19-13(18-11)7-5-8-9(14-6-7)16-10(17)15-8;;/h5-6H,1-4H3,(H2,14,15,16,17);2*1H.